The fraction of sp³-hybridized carbons (Fsp3) is 0.471. The van der Waals surface area contributed by atoms with Gasteiger partial charge in [0.05, 0.1) is 11.3 Å². The van der Waals surface area contributed by atoms with Crippen LogP contribution in [-0.2, 0) is 24.3 Å². The molecule has 8 heteroatoms. The topological polar surface area (TPSA) is 101 Å². The Morgan fingerprint density at radius 3 is 2.88 bits per heavy atom. The summed E-state index contributed by atoms with van der Waals surface area (Å²) in [5.74, 6) is 0.0843. The number of rotatable bonds is 5. The molecule has 2 aromatic heterocycles. The second-order valence-corrected chi connectivity index (χ2v) is 7.38. The van der Waals surface area contributed by atoms with Crippen LogP contribution in [0.5, 0.6) is 0 Å². The lowest BCUT2D eigenvalue weighted by Crippen LogP contribution is -2.42. The molecule has 0 spiro atoms. The minimum atomic E-state index is -0.678. The molecule has 3 rings (SSSR count). The first-order valence-electron chi connectivity index (χ1n) is 8.20. The monoisotopic (exact) mass is 362 g/mol. The fourth-order valence-electron chi connectivity index (χ4n) is 3.00. The van der Waals surface area contributed by atoms with Crippen molar-refractivity contribution in [1.29, 1.82) is 0 Å². The second kappa shape index (κ2) is 6.97. The summed E-state index contributed by atoms with van der Waals surface area (Å²) in [5.41, 5.74) is 9.01. The lowest BCUT2D eigenvalue weighted by Gasteiger charge is -2.27. The molecule has 0 radical (unpaired) electrons. The van der Waals surface area contributed by atoms with Crippen molar-refractivity contribution >= 4 is 23.2 Å². The lowest BCUT2D eigenvalue weighted by molar-refractivity contribution is -0.119. The molecule has 1 aliphatic heterocycles. The number of amides is 2. The first-order chi connectivity index (χ1) is 11.9. The highest BCUT2D eigenvalue weighted by Gasteiger charge is 2.26. The van der Waals surface area contributed by atoms with E-state index in [0.717, 1.165) is 48.6 Å². The summed E-state index contributed by atoms with van der Waals surface area (Å²) in [7, 11) is 0. The second-order valence-electron chi connectivity index (χ2n) is 6.41. The molecule has 3 N–H and O–H groups in total. The number of nitrogens with two attached hydrogens (primary N) is 1. The SMILES string of the molecule is Cc1noc(C)c1CN1CCc2c(C(=O)N[C@@H](C)C(N)=O)csc2C1. The third kappa shape index (κ3) is 3.59. The molecule has 1 atom stereocenters. The van der Waals surface area contributed by atoms with Crippen LogP contribution in [0, 0.1) is 13.8 Å². The summed E-state index contributed by atoms with van der Waals surface area (Å²) >= 11 is 1.58. The van der Waals surface area contributed by atoms with Crippen LogP contribution in [0.4, 0.5) is 0 Å². The van der Waals surface area contributed by atoms with Crippen molar-refractivity contribution in [2.45, 2.75) is 46.3 Å². The van der Waals surface area contributed by atoms with Gasteiger partial charge in [-0.15, -0.1) is 11.3 Å². The highest BCUT2D eigenvalue weighted by atomic mass is 32.1. The zero-order valence-corrected chi connectivity index (χ0v) is 15.4. The zero-order chi connectivity index (χ0) is 18.1. The Kier molecular flexibility index (Phi) is 4.91. The number of hydrogen-bond donors (Lipinski definition) is 2. The van der Waals surface area contributed by atoms with E-state index in [-0.39, 0.29) is 5.91 Å². The largest absolute Gasteiger partial charge is 0.368 e. The fourth-order valence-corrected chi connectivity index (χ4v) is 4.12. The summed E-state index contributed by atoms with van der Waals surface area (Å²) in [6.45, 7) is 7.91. The normalized spacial score (nSPS) is 15.6. The van der Waals surface area contributed by atoms with Gasteiger partial charge in [-0.05, 0) is 32.8 Å². The summed E-state index contributed by atoms with van der Waals surface area (Å²) in [4.78, 5) is 27.0. The smallest absolute Gasteiger partial charge is 0.253 e. The molecular formula is C17H22N4O3S. The van der Waals surface area contributed by atoms with Crippen molar-refractivity contribution in [2.75, 3.05) is 6.54 Å². The Morgan fingerprint density at radius 2 is 2.24 bits per heavy atom. The Labute approximate surface area is 150 Å². The quantitative estimate of drug-likeness (QED) is 0.840. The minimum Gasteiger partial charge on any atom is -0.368 e. The highest BCUT2D eigenvalue weighted by Crippen LogP contribution is 2.30. The number of thiophene rings is 1. The first kappa shape index (κ1) is 17.6. The van der Waals surface area contributed by atoms with Gasteiger partial charge in [-0.25, -0.2) is 0 Å². The van der Waals surface area contributed by atoms with E-state index in [4.69, 9.17) is 10.3 Å². The van der Waals surface area contributed by atoms with E-state index in [2.05, 4.69) is 15.4 Å². The van der Waals surface area contributed by atoms with E-state index in [1.54, 1.807) is 18.3 Å². The number of aromatic nitrogens is 1. The molecule has 25 heavy (non-hydrogen) atoms. The average molecular weight is 362 g/mol. The van der Waals surface area contributed by atoms with Crippen LogP contribution in [0.1, 0.15) is 44.7 Å². The van der Waals surface area contributed by atoms with Gasteiger partial charge >= 0.3 is 0 Å². The summed E-state index contributed by atoms with van der Waals surface area (Å²) < 4.78 is 5.23. The number of primary amides is 1. The maximum absolute atomic E-state index is 12.4. The molecular weight excluding hydrogens is 340 g/mol. The van der Waals surface area contributed by atoms with Gasteiger partial charge in [0.15, 0.2) is 0 Å². The number of hydrogen-bond acceptors (Lipinski definition) is 6. The highest BCUT2D eigenvalue weighted by molar-refractivity contribution is 7.10. The zero-order valence-electron chi connectivity index (χ0n) is 14.6. The molecule has 7 nitrogen and oxygen atoms in total. The van der Waals surface area contributed by atoms with Crippen LogP contribution in [0.2, 0.25) is 0 Å². The lowest BCUT2D eigenvalue weighted by atomic mass is 10.0. The Hall–Kier alpha value is -2.19. The van der Waals surface area contributed by atoms with Crippen LogP contribution < -0.4 is 11.1 Å². The van der Waals surface area contributed by atoms with E-state index in [1.807, 2.05) is 19.2 Å². The van der Waals surface area contributed by atoms with Gasteiger partial charge in [-0.2, -0.15) is 0 Å². The maximum Gasteiger partial charge on any atom is 0.253 e. The van der Waals surface area contributed by atoms with Crippen LogP contribution in [0.15, 0.2) is 9.90 Å². The van der Waals surface area contributed by atoms with Crippen LogP contribution in [-0.4, -0.2) is 34.5 Å². The molecule has 0 aliphatic carbocycles. The molecule has 2 aromatic rings. The van der Waals surface area contributed by atoms with Gasteiger partial charge < -0.3 is 15.6 Å². The number of carbonyl (C=O) groups is 2. The van der Waals surface area contributed by atoms with E-state index in [9.17, 15) is 9.59 Å². The summed E-state index contributed by atoms with van der Waals surface area (Å²) in [6, 6.07) is -0.678. The Bertz CT molecular complexity index is 791. The molecule has 134 valence electrons. The van der Waals surface area contributed by atoms with E-state index in [0.29, 0.717) is 5.56 Å². The Balaban J connectivity index is 1.70. The molecule has 0 unspecified atom stereocenters. The van der Waals surface area contributed by atoms with Crippen molar-refractivity contribution in [1.82, 2.24) is 15.4 Å². The predicted molar refractivity (Wildman–Crippen MR) is 94.2 cm³/mol. The molecule has 0 saturated heterocycles. The number of fused-ring (bicyclic) bond motifs is 1. The number of nitrogens with one attached hydrogen (secondary N) is 1. The third-order valence-corrected chi connectivity index (χ3v) is 5.62. The van der Waals surface area contributed by atoms with Crippen molar-refractivity contribution in [2.24, 2.45) is 5.73 Å². The molecule has 0 fully saturated rings. The van der Waals surface area contributed by atoms with Gasteiger partial charge in [0.1, 0.15) is 11.8 Å². The average Bonchev–Trinajstić information content (AvgIpc) is 3.12. The van der Waals surface area contributed by atoms with Gasteiger partial charge in [-0.3, -0.25) is 14.5 Å². The van der Waals surface area contributed by atoms with Gasteiger partial charge in [-0.1, -0.05) is 5.16 Å². The minimum absolute atomic E-state index is 0.233. The van der Waals surface area contributed by atoms with Crippen molar-refractivity contribution < 1.29 is 14.1 Å². The van der Waals surface area contributed by atoms with Gasteiger partial charge in [0.2, 0.25) is 5.91 Å². The molecule has 0 saturated carbocycles. The first-order valence-corrected chi connectivity index (χ1v) is 9.08. The maximum atomic E-state index is 12.4. The predicted octanol–water partition coefficient (Wildman–Crippen LogP) is 1.51. The van der Waals surface area contributed by atoms with E-state index < -0.39 is 11.9 Å². The summed E-state index contributed by atoms with van der Waals surface area (Å²) in [5, 5.41) is 8.53. The molecule has 1 aliphatic rings. The van der Waals surface area contributed by atoms with Crippen LogP contribution >= 0.6 is 11.3 Å². The van der Waals surface area contributed by atoms with Crippen molar-refractivity contribution in [3.8, 4) is 0 Å². The number of nitrogens with zero attached hydrogens (tertiary/aromatic N) is 2. The third-order valence-electron chi connectivity index (χ3n) is 4.61. The van der Waals surface area contributed by atoms with E-state index >= 15 is 0 Å². The standard InChI is InChI=1S/C17H22N4O3S/c1-9-13(11(3)24-20-9)6-21-5-4-12-14(8-25-15(12)7-21)17(23)19-10(2)16(18)22/h8,10H,4-7H2,1-3H3,(H2,18,22)(H,19,23)/t10-/m0/s1. The summed E-state index contributed by atoms with van der Waals surface area (Å²) in [6.07, 6.45) is 0.802. The number of aryl methyl sites for hydroxylation is 2. The van der Waals surface area contributed by atoms with Crippen LogP contribution in [0.3, 0.4) is 0 Å². The van der Waals surface area contributed by atoms with Gasteiger partial charge in [0.25, 0.3) is 5.91 Å². The van der Waals surface area contributed by atoms with Gasteiger partial charge in [0, 0.05) is 35.5 Å². The Morgan fingerprint density at radius 1 is 1.48 bits per heavy atom. The van der Waals surface area contributed by atoms with Crippen molar-refractivity contribution in [3.05, 3.63) is 38.4 Å². The molecule has 0 bridgehead atoms. The number of carbonyl (C=O) groups excluding carboxylic acids is 2. The molecule has 3 heterocycles. The van der Waals surface area contributed by atoms with Crippen molar-refractivity contribution in [3.63, 3.8) is 0 Å². The molecule has 2 amide bonds. The van der Waals surface area contributed by atoms with Crippen LogP contribution in [0.25, 0.3) is 0 Å². The molecule has 0 aromatic carbocycles. The van der Waals surface area contributed by atoms with E-state index in [1.165, 1.54) is 4.88 Å².